The standard InChI is InChI=1S/C19H22F3N3O3S/c20-14-5-3-13(4-6-14)15(16(21)22)25-19(17(24)26,18(10-23)7-8-18)11-29(27,28)9-12-1-2-12/h3-6,12,15-16,25H,1-2,7-9,11H2,(H2,24,26)/t15-,19-/m0/s1. The predicted molar refractivity (Wildman–Crippen MR) is 98.9 cm³/mol. The van der Waals surface area contributed by atoms with E-state index in [1.54, 1.807) is 0 Å². The number of alkyl halides is 2. The van der Waals surface area contributed by atoms with Gasteiger partial charge in [-0.15, -0.1) is 0 Å². The van der Waals surface area contributed by atoms with Crippen LogP contribution in [0.2, 0.25) is 0 Å². The molecule has 3 rings (SSSR count). The summed E-state index contributed by atoms with van der Waals surface area (Å²) in [6, 6.07) is 4.35. The van der Waals surface area contributed by atoms with Gasteiger partial charge in [0.1, 0.15) is 11.4 Å². The van der Waals surface area contributed by atoms with Crippen LogP contribution in [0.4, 0.5) is 13.2 Å². The molecule has 0 aromatic heterocycles. The highest BCUT2D eigenvalue weighted by molar-refractivity contribution is 7.91. The molecular formula is C19H22F3N3O3S. The molecule has 1 amide bonds. The van der Waals surface area contributed by atoms with Crippen LogP contribution in [0.1, 0.15) is 37.3 Å². The number of nitrogens with one attached hydrogen (secondary N) is 1. The zero-order chi connectivity index (χ0) is 21.4. The van der Waals surface area contributed by atoms with Gasteiger partial charge in [0.15, 0.2) is 9.84 Å². The molecule has 0 unspecified atom stereocenters. The Morgan fingerprint density at radius 1 is 1.31 bits per heavy atom. The van der Waals surface area contributed by atoms with Crippen LogP contribution in [0.15, 0.2) is 24.3 Å². The Hall–Kier alpha value is -2.12. The van der Waals surface area contributed by atoms with Crippen LogP contribution in [-0.4, -0.2) is 37.8 Å². The molecule has 6 nitrogen and oxygen atoms in total. The van der Waals surface area contributed by atoms with Crippen LogP contribution in [0.5, 0.6) is 0 Å². The summed E-state index contributed by atoms with van der Waals surface area (Å²) in [6.07, 6.45) is -1.24. The molecule has 2 aliphatic carbocycles. The third-order valence-corrected chi connectivity index (χ3v) is 7.56. The highest BCUT2D eigenvalue weighted by Crippen LogP contribution is 2.55. The van der Waals surface area contributed by atoms with Crippen molar-refractivity contribution in [3.63, 3.8) is 0 Å². The zero-order valence-corrected chi connectivity index (χ0v) is 16.4. The Morgan fingerprint density at radius 2 is 1.90 bits per heavy atom. The summed E-state index contributed by atoms with van der Waals surface area (Å²) < 4.78 is 66.5. The fraction of sp³-hybridized carbons (Fsp3) is 0.579. The lowest BCUT2D eigenvalue weighted by atomic mass is 9.81. The van der Waals surface area contributed by atoms with E-state index in [1.165, 1.54) is 0 Å². The molecule has 158 valence electrons. The van der Waals surface area contributed by atoms with Gasteiger partial charge in [-0.25, -0.2) is 21.6 Å². The average Bonchev–Trinajstić information content (AvgIpc) is 3.54. The Balaban J connectivity index is 2.02. The van der Waals surface area contributed by atoms with Gasteiger partial charge in [0.05, 0.1) is 29.0 Å². The molecule has 0 bridgehead atoms. The second-order valence-corrected chi connectivity index (χ2v) is 10.1. The molecule has 0 heterocycles. The minimum absolute atomic E-state index is 0.0224. The molecule has 2 saturated carbocycles. The molecule has 1 aromatic carbocycles. The van der Waals surface area contributed by atoms with E-state index in [2.05, 4.69) is 5.32 Å². The third-order valence-electron chi connectivity index (χ3n) is 5.71. The molecule has 2 fully saturated rings. The van der Waals surface area contributed by atoms with Crippen molar-refractivity contribution in [3.8, 4) is 6.07 Å². The van der Waals surface area contributed by atoms with Crippen LogP contribution in [-0.2, 0) is 14.6 Å². The Morgan fingerprint density at radius 3 is 2.31 bits per heavy atom. The van der Waals surface area contributed by atoms with E-state index < -0.39 is 50.7 Å². The van der Waals surface area contributed by atoms with Gasteiger partial charge in [0.25, 0.3) is 6.43 Å². The molecule has 0 radical (unpaired) electrons. The molecule has 10 heteroatoms. The predicted octanol–water partition coefficient (Wildman–Crippen LogP) is 2.07. The number of benzene rings is 1. The van der Waals surface area contributed by atoms with Gasteiger partial charge < -0.3 is 5.73 Å². The van der Waals surface area contributed by atoms with E-state index in [4.69, 9.17) is 5.73 Å². The van der Waals surface area contributed by atoms with E-state index >= 15 is 0 Å². The van der Waals surface area contributed by atoms with Crippen molar-refractivity contribution in [1.29, 1.82) is 5.26 Å². The number of amides is 1. The number of hydrogen-bond donors (Lipinski definition) is 2. The van der Waals surface area contributed by atoms with E-state index in [1.807, 2.05) is 6.07 Å². The quantitative estimate of drug-likeness (QED) is 0.591. The second-order valence-electron chi connectivity index (χ2n) is 7.97. The van der Waals surface area contributed by atoms with Crippen LogP contribution in [0.25, 0.3) is 0 Å². The summed E-state index contributed by atoms with van der Waals surface area (Å²) in [4.78, 5) is 12.5. The molecule has 0 aliphatic heterocycles. The molecule has 0 spiro atoms. The number of primary amides is 1. The van der Waals surface area contributed by atoms with E-state index in [0.717, 1.165) is 37.1 Å². The lowest BCUT2D eigenvalue weighted by molar-refractivity contribution is -0.126. The SMILES string of the molecule is N#CC1([C@@](CS(=O)(=O)CC2CC2)(N[C@@H](c2ccc(F)cc2)C(F)F)C(N)=O)CC1. The molecule has 2 aliphatic rings. The van der Waals surface area contributed by atoms with Gasteiger partial charge in [0.2, 0.25) is 5.91 Å². The van der Waals surface area contributed by atoms with Crippen molar-refractivity contribution in [2.75, 3.05) is 11.5 Å². The first-order valence-electron chi connectivity index (χ1n) is 9.27. The summed E-state index contributed by atoms with van der Waals surface area (Å²) in [5, 5.41) is 12.1. The third kappa shape index (κ3) is 4.41. The first kappa shape index (κ1) is 21.6. The number of halogens is 3. The van der Waals surface area contributed by atoms with E-state index in [0.29, 0.717) is 0 Å². The van der Waals surface area contributed by atoms with Crippen LogP contribution < -0.4 is 11.1 Å². The molecule has 3 N–H and O–H groups in total. The molecule has 2 atom stereocenters. The fourth-order valence-electron chi connectivity index (χ4n) is 3.71. The van der Waals surface area contributed by atoms with Gasteiger partial charge in [-0.2, -0.15) is 5.26 Å². The first-order chi connectivity index (χ1) is 13.5. The summed E-state index contributed by atoms with van der Waals surface area (Å²) in [5.74, 6) is -2.83. The maximum absolute atomic E-state index is 13.9. The van der Waals surface area contributed by atoms with Crippen molar-refractivity contribution in [2.45, 2.75) is 43.7 Å². The van der Waals surface area contributed by atoms with Crippen molar-refractivity contribution >= 4 is 15.7 Å². The Kier molecular flexibility index (Phi) is 5.66. The average molecular weight is 429 g/mol. The van der Waals surface area contributed by atoms with Crippen molar-refractivity contribution < 1.29 is 26.4 Å². The number of sulfone groups is 1. The molecule has 29 heavy (non-hydrogen) atoms. The fourth-order valence-corrected chi connectivity index (χ4v) is 6.05. The lowest BCUT2D eigenvalue weighted by Crippen LogP contribution is -2.66. The summed E-state index contributed by atoms with van der Waals surface area (Å²) >= 11 is 0. The summed E-state index contributed by atoms with van der Waals surface area (Å²) in [7, 11) is -3.85. The lowest BCUT2D eigenvalue weighted by Gasteiger charge is -2.39. The topological polar surface area (TPSA) is 113 Å². The van der Waals surface area contributed by atoms with Gasteiger partial charge in [0, 0.05) is 0 Å². The Bertz CT molecular complexity index is 922. The van der Waals surface area contributed by atoms with Crippen LogP contribution in [0, 0.1) is 28.5 Å². The van der Waals surface area contributed by atoms with Gasteiger partial charge in [-0.1, -0.05) is 12.1 Å². The second kappa shape index (κ2) is 7.61. The van der Waals surface area contributed by atoms with E-state index in [9.17, 15) is 31.6 Å². The summed E-state index contributed by atoms with van der Waals surface area (Å²) in [5.41, 5.74) is 1.86. The highest BCUT2D eigenvalue weighted by atomic mass is 32.2. The van der Waals surface area contributed by atoms with Crippen molar-refractivity contribution in [3.05, 3.63) is 35.6 Å². The van der Waals surface area contributed by atoms with Gasteiger partial charge in [-0.05, 0) is 49.3 Å². The maximum Gasteiger partial charge on any atom is 0.257 e. The monoisotopic (exact) mass is 429 g/mol. The zero-order valence-electron chi connectivity index (χ0n) is 15.6. The minimum atomic E-state index is -3.85. The normalized spacial score (nSPS) is 21.2. The molecule has 1 aromatic rings. The number of carbonyl (C=O) groups excluding carboxylic acids is 1. The minimum Gasteiger partial charge on any atom is -0.368 e. The van der Waals surface area contributed by atoms with Gasteiger partial charge >= 0.3 is 0 Å². The van der Waals surface area contributed by atoms with Crippen molar-refractivity contribution in [1.82, 2.24) is 5.32 Å². The number of nitrogens with two attached hydrogens (primary N) is 1. The number of nitrogens with zero attached hydrogens (tertiary/aromatic N) is 1. The van der Waals surface area contributed by atoms with Crippen LogP contribution in [0.3, 0.4) is 0 Å². The number of carbonyl (C=O) groups is 1. The highest BCUT2D eigenvalue weighted by Gasteiger charge is 2.66. The van der Waals surface area contributed by atoms with Crippen molar-refractivity contribution in [2.24, 2.45) is 17.1 Å². The van der Waals surface area contributed by atoms with Gasteiger partial charge in [-0.3, -0.25) is 10.1 Å². The smallest absolute Gasteiger partial charge is 0.257 e. The molecular weight excluding hydrogens is 407 g/mol. The summed E-state index contributed by atoms with van der Waals surface area (Å²) in [6.45, 7) is 0. The first-order valence-corrected chi connectivity index (χ1v) is 11.1. The number of hydrogen-bond acceptors (Lipinski definition) is 5. The molecule has 0 saturated heterocycles. The largest absolute Gasteiger partial charge is 0.368 e. The number of rotatable bonds is 10. The van der Waals surface area contributed by atoms with E-state index in [-0.39, 0.29) is 30.1 Å². The Labute approximate surface area is 167 Å². The maximum atomic E-state index is 13.9. The number of nitriles is 1. The van der Waals surface area contributed by atoms with Crippen LogP contribution >= 0.6 is 0 Å².